The lowest BCUT2D eigenvalue weighted by Gasteiger charge is -2.20. The molecule has 0 aromatic heterocycles. The van der Waals surface area contributed by atoms with Gasteiger partial charge in [-0.1, -0.05) is 23.7 Å². The number of rotatable bonds is 6. The summed E-state index contributed by atoms with van der Waals surface area (Å²) in [5, 5.41) is 15.5. The van der Waals surface area contributed by atoms with Gasteiger partial charge in [0, 0.05) is 25.1 Å². The third-order valence-electron chi connectivity index (χ3n) is 3.60. The second-order valence-electron chi connectivity index (χ2n) is 5.76. The summed E-state index contributed by atoms with van der Waals surface area (Å²) in [6.45, 7) is -0.487. The van der Waals surface area contributed by atoms with E-state index in [1.165, 1.54) is 12.1 Å². The van der Waals surface area contributed by atoms with Crippen molar-refractivity contribution in [2.75, 3.05) is 19.4 Å². The molecule has 1 aliphatic heterocycles. The number of nitrogens with one attached hydrogen (secondary N) is 2. The van der Waals surface area contributed by atoms with Crippen LogP contribution < -0.4 is 10.6 Å². The molecule has 10 heteroatoms. The summed E-state index contributed by atoms with van der Waals surface area (Å²) in [5.41, 5.74) is -1.23. The van der Waals surface area contributed by atoms with E-state index in [4.69, 9.17) is 11.6 Å². The van der Waals surface area contributed by atoms with Gasteiger partial charge in [0.15, 0.2) is 0 Å². The van der Waals surface area contributed by atoms with E-state index >= 15 is 0 Å². The summed E-state index contributed by atoms with van der Waals surface area (Å²) in [5.74, 6) is -1.04. The van der Waals surface area contributed by atoms with E-state index in [0.29, 0.717) is 0 Å². The van der Waals surface area contributed by atoms with Crippen LogP contribution in [0.1, 0.15) is 12.0 Å². The molecular weight excluding hydrogens is 363 g/mol. The maximum Gasteiger partial charge on any atom is 0.264 e. The minimum absolute atomic E-state index is 0.00608. The fourth-order valence-corrected chi connectivity index (χ4v) is 2.97. The maximum atomic E-state index is 13.8. The minimum Gasteiger partial charge on any atom is -0.386 e. The molecule has 1 fully saturated rings. The second kappa shape index (κ2) is 7.32. The molecule has 0 bridgehead atoms. The highest BCUT2D eigenvalue weighted by atomic mass is 35.5. The predicted molar refractivity (Wildman–Crippen MR) is 85.4 cm³/mol. The number of hydrogen-bond acceptors (Lipinski definition) is 6. The number of aliphatic hydroxyl groups is 1. The van der Waals surface area contributed by atoms with Crippen LogP contribution in [0, 0.1) is 5.82 Å². The largest absolute Gasteiger partial charge is 0.386 e. The first-order chi connectivity index (χ1) is 11.1. The molecule has 2 rings (SSSR count). The van der Waals surface area contributed by atoms with Crippen molar-refractivity contribution in [3.05, 3.63) is 34.6 Å². The first kappa shape index (κ1) is 19.1. The third-order valence-corrected chi connectivity index (χ3v) is 4.44. The molecule has 3 N–H and O–H groups in total. The van der Waals surface area contributed by atoms with E-state index in [9.17, 15) is 22.7 Å². The number of β-amino-alcohol motifs (C(OH)–C–C–N with tert-alkyl or cyclic N) is 1. The Labute approximate surface area is 144 Å². The molecule has 0 aliphatic carbocycles. The van der Waals surface area contributed by atoms with Gasteiger partial charge in [-0.2, -0.15) is 8.42 Å². The van der Waals surface area contributed by atoms with Crippen LogP contribution in [0.25, 0.3) is 0 Å². The highest BCUT2D eigenvalue weighted by Crippen LogP contribution is 2.21. The molecule has 0 spiro atoms. The van der Waals surface area contributed by atoms with Gasteiger partial charge in [0.1, 0.15) is 11.4 Å². The standard InChI is InChI=1S/C14H18ClFN2O5S/c1-24(21,22)23-8-14(20)5-11(18-7-14)13(19)17-6-9-3-2-4-10(15)12(9)16/h2-4,11,18,20H,5-8H2,1H3,(H,17,19)/t11-,14+/m0/s1. The zero-order chi connectivity index (χ0) is 18.0. The number of halogens is 2. The SMILES string of the molecule is CS(=O)(=O)OC[C@]1(O)CN[C@H](C(=O)NCc2cccc(Cl)c2F)C1. The van der Waals surface area contributed by atoms with E-state index in [2.05, 4.69) is 14.8 Å². The lowest BCUT2D eigenvalue weighted by atomic mass is 10.0. The van der Waals surface area contributed by atoms with Crippen molar-refractivity contribution in [2.45, 2.75) is 24.6 Å². The van der Waals surface area contributed by atoms with Gasteiger partial charge in [0.2, 0.25) is 5.91 Å². The van der Waals surface area contributed by atoms with Gasteiger partial charge >= 0.3 is 0 Å². The van der Waals surface area contributed by atoms with E-state index in [1.807, 2.05) is 0 Å². The monoisotopic (exact) mass is 380 g/mol. The smallest absolute Gasteiger partial charge is 0.264 e. The van der Waals surface area contributed by atoms with Crippen molar-refractivity contribution in [3.63, 3.8) is 0 Å². The molecule has 2 atom stereocenters. The van der Waals surface area contributed by atoms with Gasteiger partial charge < -0.3 is 15.7 Å². The van der Waals surface area contributed by atoms with Crippen LogP contribution in [0.2, 0.25) is 5.02 Å². The van der Waals surface area contributed by atoms with Gasteiger partial charge in [0.25, 0.3) is 10.1 Å². The summed E-state index contributed by atoms with van der Waals surface area (Å²) in [6, 6.07) is 3.74. The van der Waals surface area contributed by atoms with Gasteiger partial charge in [0.05, 0.1) is 23.9 Å². The average Bonchev–Trinajstić information content (AvgIpc) is 2.89. The van der Waals surface area contributed by atoms with Crippen LogP contribution >= 0.6 is 11.6 Å². The summed E-state index contributed by atoms with van der Waals surface area (Å²) < 4.78 is 40.3. The fourth-order valence-electron chi connectivity index (χ4n) is 2.34. The number of amides is 1. The third kappa shape index (κ3) is 5.12. The summed E-state index contributed by atoms with van der Waals surface area (Å²) in [6.07, 6.45) is 0.856. The molecule has 1 aromatic rings. The first-order valence-electron chi connectivity index (χ1n) is 7.10. The lowest BCUT2D eigenvalue weighted by molar-refractivity contribution is -0.123. The quantitative estimate of drug-likeness (QED) is 0.607. The van der Waals surface area contributed by atoms with Crippen molar-refractivity contribution >= 4 is 27.6 Å². The molecule has 0 saturated carbocycles. The van der Waals surface area contributed by atoms with Crippen molar-refractivity contribution in [1.29, 1.82) is 0 Å². The van der Waals surface area contributed by atoms with E-state index < -0.39 is 40.1 Å². The molecule has 24 heavy (non-hydrogen) atoms. The fraction of sp³-hybridized carbons (Fsp3) is 0.500. The zero-order valence-electron chi connectivity index (χ0n) is 12.9. The second-order valence-corrected chi connectivity index (χ2v) is 7.81. The molecule has 7 nitrogen and oxygen atoms in total. The van der Waals surface area contributed by atoms with Crippen molar-refractivity contribution in [3.8, 4) is 0 Å². The Morgan fingerprint density at radius 1 is 1.58 bits per heavy atom. The maximum absolute atomic E-state index is 13.8. The number of hydrogen-bond donors (Lipinski definition) is 3. The lowest BCUT2D eigenvalue weighted by Crippen LogP contribution is -2.40. The highest BCUT2D eigenvalue weighted by molar-refractivity contribution is 7.85. The van der Waals surface area contributed by atoms with Crippen LogP contribution in [0.3, 0.4) is 0 Å². The Morgan fingerprint density at radius 2 is 2.29 bits per heavy atom. The molecule has 1 heterocycles. The number of carbonyl (C=O) groups is 1. The predicted octanol–water partition coefficient (Wildman–Crippen LogP) is 0.164. The topological polar surface area (TPSA) is 105 Å². The van der Waals surface area contributed by atoms with E-state index in [0.717, 1.165) is 6.26 Å². The number of benzene rings is 1. The Bertz CT molecular complexity index is 730. The van der Waals surface area contributed by atoms with Gasteiger partial charge in [-0.3, -0.25) is 8.98 Å². The van der Waals surface area contributed by atoms with Crippen molar-refractivity contribution < 1.29 is 26.9 Å². The van der Waals surface area contributed by atoms with Crippen molar-refractivity contribution in [1.82, 2.24) is 10.6 Å². The Kier molecular flexibility index (Phi) is 5.82. The van der Waals surface area contributed by atoms with Gasteiger partial charge in [-0.05, 0) is 6.07 Å². The minimum atomic E-state index is -3.69. The van der Waals surface area contributed by atoms with Crippen LogP contribution in [0.15, 0.2) is 18.2 Å². The Morgan fingerprint density at radius 3 is 2.96 bits per heavy atom. The van der Waals surface area contributed by atoms with E-state index in [1.54, 1.807) is 6.07 Å². The Balaban J connectivity index is 1.89. The van der Waals surface area contributed by atoms with Gasteiger partial charge in [-0.15, -0.1) is 0 Å². The summed E-state index contributed by atoms with van der Waals surface area (Å²) >= 11 is 5.67. The first-order valence-corrected chi connectivity index (χ1v) is 9.30. The van der Waals surface area contributed by atoms with Crippen LogP contribution in [0.4, 0.5) is 4.39 Å². The summed E-state index contributed by atoms with van der Waals surface area (Å²) in [7, 11) is -3.69. The van der Waals surface area contributed by atoms with Crippen LogP contribution in [-0.2, 0) is 25.6 Å². The molecular formula is C14H18ClFN2O5S. The molecule has 1 saturated heterocycles. The van der Waals surface area contributed by atoms with Crippen LogP contribution in [-0.4, -0.2) is 50.5 Å². The van der Waals surface area contributed by atoms with Crippen molar-refractivity contribution in [2.24, 2.45) is 0 Å². The molecule has 1 aromatic carbocycles. The molecule has 134 valence electrons. The number of carbonyl (C=O) groups excluding carboxylic acids is 1. The molecule has 1 aliphatic rings. The zero-order valence-corrected chi connectivity index (χ0v) is 14.5. The Hall–Kier alpha value is -1.26. The molecule has 0 unspecified atom stereocenters. The molecule has 1 amide bonds. The molecule has 0 radical (unpaired) electrons. The highest BCUT2D eigenvalue weighted by Gasteiger charge is 2.41. The van der Waals surface area contributed by atoms with E-state index in [-0.39, 0.29) is 30.1 Å². The van der Waals surface area contributed by atoms with Gasteiger partial charge in [-0.25, -0.2) is 4.39 Å². The average molecular weight is 381 g/mol. The summed E-state index contributed by atoms with van der Waals surface area (Å²) in [4.78, 5) is 12.1. The normalized spacial score (nSPS) is 24.1. The van der Waals surface area contributed by atoms with Crippen LogP contribution in [0.5, 0.6) is 0 Å².